The van der Waals surface area contributed by atoms with E-state index in [1.54, 1.807) is 12.1 Å². The minimum Gasteiger partial charge on any atom is -0.392 e. The molecule has 0 radical (unpaired) electrons. The summed E-state index contributed by atoms with van der Waals surface area (Å²) in [4.78, 5) is 0.178. The molecule has 1 heterocycles. The fourth-order valence-electron chi connectivity index (χ4n) is 1.27. The lowest BCUT2D eigenvalue weighted by Crippen LogP contribution is -2.37. The lowest BCUT2D eigenvalue weighted by molar-refractivity contribution is 0.451. The molecule has 0 aliphatic heterocycles. The van der Waals surface area contributed by atoms with Gasteiger partial charge in [0.1, 0.15) is 4.21 Å². The predicted molar refractivity (Wildman–Crippen MR) is 77.9 cm³/mol. The highest BCUT2D eigenvalue weighted by Gasteiger charge is 2.25. The molecule has 0 spiro atoms. The van der Waals surface area contributed by atoms with E-state index in [0.717, 1.165) is 3.79 Å². The Morgan fingerprint density at radius 1 is 1.59 bits per heavy atom. The van der Waals surface area contributed by atoms with E-state index in [1.165, 1.54) is 15.6 Å². The summed E-state index contributed by atoms with van der Waals surface area (Å²) in [5, 5.41) is 0. The van der Waals surface area contributed by atoms with Crippen LogP contribution in [0.4, 0.5) is 0 Å². The van der Waals surface area contributed by atoms with E-state index in [9.17, 15) is 8.42 Å². The number of halogens is 1. The van der Waals surface area contributed by atoms with Crippen LogP contribution in [0.3, 0.4) is 0 Å². The van der Waals surface area contributed by atoms with Crippen LogP contribution in [0, 0.1) is 0 Å². The first-order valence-electron chi connectivity index (χ1n) is 4.91. The van der Waals surface area contributed by atoms with Gasteiger partial charge in [0.25, 0.3) is 10.0 Å². The van der Waals surface area contributed by atoms with Gasteiger partial charge in [-0.1, -0.05) is 19.1 Å². The van der Waals surface area contributed by atoms with E-state index in [4.69, 9.17) is 18.0 Å². The minimum absolute atomic E-state index is 0.0844. The summed E-state index contributed by atoms with van der Waals surface area (Å²) in [6.45, 7) is 2.41. The van der Waals surface area contributed by atoms with Gasteiger partial charge in [-0.15, -0.1) is 11.3 Å². The number of sulfonamides is 1. The van der Waals surface area contributed by atoms with Crippen LogP contribution in [0.2, 0.25) is 0 Å². The third kappa shape index (κ3) is 3.99. The zero-order valence-corrected chi connectivity index (χ0v) is 13.3. The smallest absolute Gasteiger partial charge is 0.252 e. The maximum Gasteiger partial charge on any atom is 0.252 e. The second-order valence-electron chi connectivity index (χ2n) is 3.36. The van der Waals surface area contributed by atoms with Gasteiger partial charge < -0.3 is 5.73 Å². The van der Waals surface area contributed by atoms with E-state index in [0.29, 0.717) is 17.2 Å². The third-order valence-electron chi connectivity index (χ3n) is 1.95. The standard InChI is InChI=1S/C9H13BrN2O2S3/c1-2-5-12(6-8(11)15)17(13,14)9-4-3-7(10)16-9/h3-4H,2,5-6H2,1H3,(H2,11,15). The summed E-state index contributed by atoms with van der Waals surface area (Å²) in [5.41, 5.74) is 5.42. The summed E-state index contributed by atoms with van der Waals surface area (Å²) in [5.74, 6) is 0. The molecule has 0 unspecified atom stereocenters. The summed E-state index contributed by atoms with van der Waals surface area (Å²) in [7, 11) is -3.48. The Morgan fingerprint density at radius 2 is 2.24 bits per heavy atom. The number of hydrogen-bond acceptors (Lipinski definition) is 4. The quantitative estimate of drug-likeness (QED) is 0.793. The molecule has 1 rings (SSSR count). The first-order valence-corrected chi connectivity index (χ1v) is 8.37. The van der Waals surface area contributed by atoms with E-state index < -0.39 is 10.0 Å². The molecule has 0 bridgehead atoms. The van der Waals surface area contributed by atoms with Crippen molar-refractivity contribution in [1.82, 2.24) is 4.31 Å². The van der Waals surface area contributed by atoms with Crippen molar-refractivity contribution in [2.24, 2.45) is 5.73 Å². The first-order chi connectivity index (χ1) is 7.87. The van der Waals surface area contributed by atoms with E-state index >= 15 is 0 Å². The van der Waals surface area contributed by atoms with E-state index in [2.05, 4.69) is 15.9 Å². The van der Waals surface area contributed by atoms with Crippen molar-refractivity contribution < 1.29 is 8.42 Å². The van der Waals surface area contributed by atoms with Gasteiger partial charge in [0.2, 0.25) is 0 Å². The molecule has 96 valence electrons. The number of hydrogen-bond donors (Lipinski definition) is 1. The number of rotatable bonds is 6. The van der Waals surface area contributed by atoms with Crippen molar-refractivity contribution in [1.29, 1.82) is 0 Å². The molecule has 0 saturated carbocycles. The Kier molecular flexibility index (Phi) is 5.52. The zero-order valence-electron chi connectivity index (χ0n) is 9.22. The van der Waals surface area contributed by atoms with Gasteiger partial charge >= 0.3 is 0 Å². The SMILES string of the molecule is CCCN(CC(N)=S)S(=O)(=O)c1ccc(Br)s1. The average Bonchev–Trinajstić information content (AvgIpc) is 2.64. The number of nitrogens with zero attached hydrogens (tertiary/aromatic N) is 1. The monoisotopic (exact) mass is 356 g/mol. The number of nitrogens with two attached hydrogens (primary N) is 1. The van der Waals surface area contributed by atoms with Crippen LogP contribution in [-0.2, 0) is 10.0 Å². The van der Waals surface area contributed by atoms with Crippen LogP contribution in [0.25, 0.3) is 0 Å². The molecule has 0 fully saturated rings. The van der Waals surface area contributed by atoms with Crippen molar-refractivity contribution in [2.75, 3.05) is 13.1 Å². The van der Waals surface area contributed by atoms with Gasteiger partial charge in [-0.25, -0.2) is 8.42 Å². The summed E-state index contributed by atoms with van der Waals surface area (Å²) < 4.78 is 26.9. The topological polar surface area (TPSA) is 63.4 Å². The Hall–Kier alpha value is -0.0200. The van der Waals surface area contributed by atoms with Crippen molar-refractivity contribution in [3.63, 3.8) is 0 Å². The molecule has 17 heavy (non-hydrogen) atoms. The maximum atomic E-state index is 12.3. The molecule has 2 N–H and O–H groups in total. The zero-order chi connectivity index (χ0) is 13.1. The molecular formula is C9H13BrN2O2S3. The molecule has 0 aromatic carbocycles. The summed E-state index contributed by atoms with van der Waals surface area (Å²) >= 11 is 9.20. The first kappa shape index (κ1) is 15.0. The molecule has 0 aliphatic carbocycles. The average molecular weight is 357 g/mol. The normalized spacial score (nSPS) is 11.9. The minimum atomic E-state index is -3.48. The van der Waals surface area contributed by atoms with Crippen molar-refractivity contribution in [3.05, 3.63) is 15.9 Å². The Balaban J connectivity index is 3.03. The van der Waals surface area contributed by atoms with Gasteiger partial charge in [0.05, 0.1) is 15.3 Å². The van der Waals surface area contributed by atoms with E-state index in [-0.39, 0.29) is 11.5 Å². The summed E-state index contributed by atoms with van der Waals surface area (Å²) in [6, 6.07) is 3.29. The number of thiocarbonyl (C=S) groups is 1. The molecular weight excluding hydrogens is 344 g/mol. The van der Waals surface area contributed by atoms with Crippen LogP contribution in [0.15, 0.2) is 20.1 Å². The van der Waals surface area contributed by atoms with Gasteiger partial charge in [0.15, 0.2) is 0 Å². The fourth-order valence-corrected chi connectivity index (χ4v) is 5.18. The van der Waals surface area contributed by atoms with Gasteiger partial charge in [-0.05, 0) is 34.5 Å². The molecule has 0 amide bonds. The molecule has 8 heteroatoms. The lowest BCUT2D eigenvalue weighted by Gasteiger charge is -2.19. The molecule has 4 nitrogen and oxygen atoms in total. The maximum absolute atomic E-state index is 12.3. The Bertz CT molecular complexity index is 498. The van der Waals surface area contributed by atoms with Crippen LogP contribution >= 0.6 is 39.5 Å². The highest BCUT2D eigenvalue weighted by atomic mass is 79.9. The van der Waals surface area contributed by atoms with E-state index in [1.807, 2.05) is 6.92 Å². The van der Waals surface area contributed by atoms with Crippen LogP contribution in [0.1, 0.15) is 13.3 Å². The third-order valence-corrected chi connectivity index (χ3v) is 6.01. The largest absolute Gasteiger partial charge is 0.392 e. The van der Waals surface area contributed by atoms with Gasteiger partial charge in [-0.3, -0.25) is 0 Å². The Morgan fingerprint density at radius 3 is 2.65 bits per heavy atom. The highest BCUT2D eigenvalue weighted by molar-refractivity contribution is 9.11. The molecule has 1 aromatic rings. The van der Waals surface area contributed by atoms with Gasteiger partial charge in [-0.2, -0.15) is 4.31 Å². The highest BCUT2D eigenvalue weighted by Crippen LogP contribution is 2.28. The predicted octanol–water partition coefficient (Wildman–Crippen LogP) is 2.20. The molecule has 0 saturated heterocycles. The molecule has 0 aliphatic rings. The summed E-state index contributed by atoms with van der Waals surface area (Å²) in [6.07, 6.45) is 0.717. The van der Waals surface area contributed by atoms with Crippen molar-refractivity contribution in [2.45, 2.75) is 17.6 Å². The number of thiophene rings is 1. The van der Waals surface area contributed by atoms with Crippen LogP contribution in [-0.4, -0.2) is 30.8 Å². The van der Waals surface area contributed by atoms with Gasteiger partial charge in [0, 0.05) is 6.54 Å². The molecule has 0 atom stereocenters. The second kappa shape index (κ2) is 6.24. The van der Waals surface area contributed by atoms with Crippen molar-refractivity contribution >= 4 is 54.5 Å². The van der Waals surface area contributed by atoms with Crippen LogP contribution < -0.4 is 5.73 Å². The Labute approximate surface area is 119 Å². The lowest BCUT2D eigenvalue weighted by atomic mass is 10.5. The van der Waals surface area contributed by atoms with Crippen LogP contribution in [0.5, 0.6) is 0 Å². The second-order valence-corrected chi connectivity index (χ2v) is 8.52. The van der Waals surface area contributed by atoms with Crippen molar-refractivity contribution in [3.8, 4) is 0 Å². The fraction of sp³-hybridized carbons (Fsp3) is 0.444. The molecule has 1 aromatic heterocycles.